The van der Waals surface area contributed by atoms with Crippen LogP contribution in [0.3, 0.4) is 0 Å². The molecule has 1 aromatic rings. The van der Waals surface area contributed by atoms with Gasteiger partial charge in [-0.3, -0.25) is 4.79 Å². The molecule has 1 saturated heterocycles. The minimum Gasteiger partial charge on any atom is -0.354 e. The van der Waals surface area contributed by atoms with Crippen molar-refractivity contribution in [2.75, 3.05) is 24.5 Å². The van der Waals surface area contributed by atoms with Gasteiger partial charge in [0.05, 0.1) is 11.7 Å². The Bertz CT molecular complexity index is 408. The van der Waals surface area contributed by atoms with Gasteiger partial charge in [-0.05, 0) is 19.8 Å². The van der Waals surface area contributed by atoms with Crippen LogP contribution in [0.5, 0.6) is 0 Å². The van der Waals surface area contributed by atoms with Gasteiger partial charge in [-0.25, -0.2) is 4.98 Å². The zero-order chi connectivity index (χ0) is 13.0. The summed E-state index contributed by atoms with van der Waals surface area (Å²) in [7, 11) is 0. The van der Waals surface area contributed by atoms with Gasteiger partial charge in [0.15, 0.2) is 5.13 Å². The first-order chi connectivity index (χ1) is 8.66. The Morgan fingerprint density at radius 3 is 2.75 bits per heavy atom. The summed E-state index contributed by atoms with van der Waals surface area (Å²) in [5.41, 5.74) is 6.52. The maximum Gasteiger partial charge on any atom is 0.236 e. The third-order valence-corrected chi connectivity index (χ3v) is 3.96. The summed E-state index contributed by atoms with van der Waals surface area (Å²) in [5.74, 6) is -0.106. The van der Waals surface area contributed by atoms with Crippen molar-refractivity contribution in [3.63, 3.8) is 0 Å². The quantitative estimate of drug-likeness (QED) is 0.853. The lowest BCUT2D eigenvalue weighted by Gasteiger charge is -2.12. The molecule has 1 fully saturated rings. The second kappa shape index (κ2) is 9.39. The number of nitrogens with zero attached hydrogens (tertiary/aromatic N) is 2. The molecule has 1 amide bonds. The summed E-state index contributed by atoms with van der Waals surface area (Å²) >= 11 is 1.69. The largest absolute Gasteiger partial charge is 0.354 e. The summed E-state index contributed by atoms with van der Waals surface area (Å²) in [6.45, 7) is 4.52. The summed E-state index contributed by atoms with van der Waals surface area (Å²) in [4.78, 5) is 18.2. The molecule has 2 rings (SSSR count). The highest BCUT2D eigenvalue weighted by Crippen LogP contribution is 2.24. The first-order valence-corrected chi connectivity index (χ1v) is 7.27. The monoisotopic (exact) mass is 340 g/mol. The van der Waals surface area contributed by atoms with Crippen LogP contribution in [0.15, 0.2) is 5.38 Å². The molecule has 0 radical (unpaired) electrons. The van der Waals surface area contributed by atoms with E-state index in [4.69, 9.17) is 5.73 Å². The average molecular weight is 341 g/mol. The number of thiazole rings is 1. The lowest BCUT2D eigenvalue weighted by Crippen LogP contribution is -2.39. The summed E-state index contributed by atoms with van der Waals surface area (Å²) < 4.78 is 0. The Hall–Kier alpha value is -0.560. The number of aromatic nitrogens is 1. The van der Waals surface area contributed by atoms with Crippen LogP contribution in [0.4, 0.5) is 5.13 Å². The van der Waals surface area contributed by atoms with Crippen molar-refractivity contribution >= 4 is 47.2 Å². The normalized spacial score (nSPS) is 15.2. The highest BCUT2D eigenvalue weighted by Gasteiger charge is 2.15. The van der Waals surface area contributed by atoms with E-state index in [1.54, 1.807) is 18.3 Å². The number of nitrogens with one attached hydrogen (secondary N) is 1. The van der Waals surface area contributed by atoms with Gasteiger partial charge in [-0.15, -0.1) is 36.2 Å². The van der Waals surface area contributed by atoms with Gasteiger partial charge in [0.2, 0.25) is 5.91 Å². The molecule has 1 aliphatic heterocycles. The lowest BCUT2D eigenvalue weighted by molar-refractivity contribution is -0.121. The first kappa shape index (κ1) is 19.4. The van der Waals surface area contributed by atoms with Crippen LogP contribution in [0, 0.1) is 0 Å². The highest BCUT2D eigenvalue weighted by atomic mass is 35.5. The van der Waals surface area contributed by atoms with Crippen LogP contribution in [-0.2, 0) is 11.2 Å². The number of carbonyl (C=O) groups is 1. The average Bonchev–Trinajstić information content (AvgIpc) is 2.98. The zero-order valence-electron chi connectivity index (χ0n) is 11.5. The van der Waals surface area contributed by atoms with E-state index in [9.17, 15) is 4.79 Å². The van der Waals surface area contributed by atoms with Gasteiger partial charge in [-0.2, -0.15) is 0 Å². The van der Waals surface area contributed by atoms with Crippen molar-refractivity contribution < 1.29 is 4.79 Å². The van der Waals surface area contributed by atoms with Gasteiger partial charge >= 0.3 is 0 Å². The van der Waals surface area contributed by atoms with Crippen molar-refractivity contribution in [1.82, 2.24) is 10.3 Å². The van der Waals surface area contributed by atoms with E-state index in [0.29, 0.717) is 6.54 Å². The molecular weight excluding hydrogens is 319 g/mol. The third kappa shape index (κ3) is 5.44. The van der Waals surface area contributed by atoms with E-state index in [-0.39, 0.29) is 30.7 Å². The van der Waals surface area contributed by atoms with E-state index in [2.05, 4.69) is 20.6 Å². The number of carbonyl (C=O) groups excluding carboxylic acids is 1. The number of hydrogen-bond donors (Lipinski definition) is 2. The molecule has 1 aliphatic rings. The van der Waals surface area contributed by atoms with Crippen LogP contribution < -0.4 is 16.0 Å². The minimum absolute atomic E-state index is 0. The van der Waals surface area contributed by atoms with Gasteiger partial charge in [0, 0.05) is 31.4 Å². The third-order valence-electron chi connectivity index (χ3n) is 3.01. The van der Waals surface area contributed by atoms with E-state index in [1.165, 1.54) is 12.8 Å². The molecule has 20 heavy (non-hydrogen) atoms. The molecule has 1 aromatic heterocycles. The van der Waals surface area contributed by atoms with Gasteiger partial charge in [0.1, 0.15) is 0 Å². The smallest absolute Gasteiger partial charge is 0.236 e. The molecule has 3 N–H and O–H groups in total. The zero-order valence-corrected chi connectivity index (χ0v) is 14.0. The van der Waals surface area contributed by atoms with Crippen molar-refractivity contribution in [2.45, 2.75) is 32.2 Å². The Labute approximate surface area is 136 Å². The van der Waals surface area contributed by atoms with Crippen LogP contribution in [-0.4, -0.2) is 36.6 Å². The molecule has 0 spiro atoms. The molecule has 0 bridgehead atoms. The lowest BCUT2D eigenvalue weighted by atomic mass is 10.3. The summed E-state index contributed by atoms with van der Waals surface area (Å²) in [5, 5.41) is 5.98. The molecular formula is C12H22Cl2N4OS. The molecule has 1 atom stereocenters. The number of amides is 1. The van der Waals surface area contributed by atoms with Crippen molar-refractivity contribution in [3.8, 4) is 0 Å². The van der Waals surface area contributed by atoms with Crippen LogP contribution in [0.2, 0.25) is 0 Å². The van der Waals surface area contributed by atoms with Crippen molar-refractivity contribution in [2.24, 2.45) is 5.73 Å². The molecule has 0 saturated carbocycles. The molecule has 0 aromatic carbocycles. The molecule has 2 heterocycles. The molecule has 0 aliphatic carbocycles. The topological polar surface area (TPSA) is 71.2 Å². The Kier molecular flexibility index (Phi) is 9.13. The Balaban J connectivity index is 0.00000180. The standard InChI is InChI=1S/C12H20N4OS.2ClH/c1-9(13)11(17)14-5-4-10-8-18-12(15-10)16-6-2-3-7-16;;/h8-9H,2-7,13H2,1H3,(H,14,17);2*1H/t9-;;/m1../s1. The predicted molar refractivity (Wildman–Crippen MR) is 88.4 cm³/mol. The molecule has 8 heteroatoms. The molecule has 116 valence electrons. The summed E-state index contributed by atoms with van der Waals surface area (Å²) in [6, 6.07) is -0.444. The van der Waals surface area contributed by atoms with Gasteiger partial charge in [-0.1, -0.05) is 0 Å². The van der Waals surface area contributed by atoms with Crippen LogP contribution in [0.1, 0.15) is 25.5 Å². The van der Waals surface area contributed by atoms with E-state index < -0.39 is 6.04 Å². The van der Waals surface area contributed by atoms with E-state index in [1.807, 2.05) is 0 Å². The second-order valence-corrected chi connectivity index (χ2v) is 5.48. The number of nitrogens with two attached hydrogens (primary N) is 1. The maximum atomic E-state index is 11.3. The van der Waals surface area contributed by atoms with Gasteiger partial charge < -0.3 is 16.0 Å². The fourth-order valence-corrected chi connectivity index (χ4v) is 2.85. The van der Waals surface area contributed by atoms with E-state index >= 15 is 0 Å². The SMILES string of the molecule is C[C@@H](N)C(=O)NCCc1csc(N2CCCC2)n1.Cl.Cl. The first-order valence-electron chi connectivity index (χ1n) is 6.39. The van der Waals surface area contributed by atoms with Crippen molar-refractivity contribution in [3.05, 3.63) is 11.1 Å². The molecule has 5 nitrogen and oxygen atoms in total. The van der Waals surface area contributed by atoms with Crippen LogP contribution >= 0.6 is 36.2 Å². The van der Waals surface area contributed by atoms with Crippen LogP contribution in [0.25, 0.3) is 0 Å². The predicted octanol–water partition coefficient (Wildman–Crippen LogP) is 1.59. The molecule has 0 unspecified atom stereocenters. The van der Waals surface area contributed by atoms with Crippen molar-refractivity contribution in [1.29, 1.82) is 0 Å². The maximum absolute atomic E-state index is 11.3. The second-order valence-electron chi connectivity index (χ2n) is 4.65. The van der Waals surface area contributed by atoms with Gasteiger partial charge in [0.25, 0.3) is 0 Å². The number of halogens is 2. The van der Waals surface area contributed by atoms with E-state index in [0.717, 1.165) is 30.3 Å². The fourth-order valence-electron chi connectivity index (χ4n) is 1.94. The number of rotatable bonds is 5. The highest BCUT2D eigenvalue weighted by molar-refractivity contribution is 7.13. The number of hydrogen-bond acceptors (Lipinski definition) is 5. The number of anilines is 1. The summed E-state index contributed by atoms with van der Waals surface area (Å²) in [6.07, 6.45) is 3.29. The Morgan fingerprint density at radius 2 is 2.15 bits per heavy atom. The fraction of sp³-hybridized carbons (Fsp3) is 0.667. The Morgan fingerprint density at radius 1 is 1.50 bits per heavy atom. The minimum atomic E-state index is -0.444.